The zero-order valence-electron chi connectivity index (χ0n) is 9.31. The van der Waals surface area contributed by atoms with Crippen LogP contribution in [0.15, 0.2) is 41.6 Å². The standard InChI is InChI=1S/C10H11N5O2S/c11-10-6-9(3-5-12-10)18(16,17)14-7-8-2-1-4-13-15-8/h1-6,14H,7H2,(H2,11,12). The molecule has 0 saturated heterocycles. The number of aromatic nitrogens is 3. The van der Waals surface area contributed by atoms with Gasteiger partial charge in [-0.1, -0.05) is 0 Å². The SMILES string of the molecule is Nc1cc(S(=O)(=O)NCc2cccnn2)ccn1. The van der Waals surface area contributed by atoms with Crippen LogP contribution in [-0.4, -0.2) is 23.6 Å². The van der Waals surface area contributed by atoms with Gasteiger partial charge in [0, 0.05) is 18.5 Å². The molecule has 0 atom stereocenters. The van der Waals surface area contributed by atoms with Crippen molar-refractivity contribution in [3.05, 3.63) is 42.4 Å². The van der Waals surface area contributed by atoms with E-state index in [-0.39, 0.29) is 17.3 Å². The molecule has 2 heterocycles. The molecular weight excluding hydrogens is 254 g/mol. The Balaban J connectivity index is 2.13. The van der Waals surface area contributed by atoms with Gasteiger partial charge in [-0.3, -0.25) is 0 Å². The van der Waals surface area contributed by atoms with Gasteiger partial charge >= 0.3 is 0 Å². The van der Waals surface area contributed by atoms with E-state index in [0.29, 0.717) is 5.69 Å². The smallest absolute Gasteiger partial charge is 0.241 e. The molecule has 2 rings (SSSR count). The van der Waals surface area contributed by atoms with Gasteiger partial charge in [-0.15, -0.1) is 0 Å². The predicted molar refractivity (Wildman–Crippen MR) is 64.7 cm³/mol. The summed E-state index contributed by atoms with van der Waals surface area (Å²) in [4.78, 5) is 3.80. The fraction of sp³-hybridized carbons (Fsp3) is 0.100. The molecule has 0 aliphatic heterocycles. The lowest BCUT2D eigenvalue weighted by molar-refractivity contribution is 0.580. The van der Waals surface area contributed by atoms with Crippen molar-refractivity contribution in [2.24, 2.45) is 0 Å². The summed E-state index contributed by atoms with van der Waals surface area (Å²) in [5.74, 6) is 0.150. The van der Waals surface area contributed by atoms with Gasteiger partial charge in [0.25, 0.3) is 0 Å². The summed E-state index contributed by atoms with van der Waals surface area (Å²) in [6.07, 6.45) is 2.85. The van der Waals surface area contributed by atoms with Crippen LogP contribution in [-0.2, 0) is 16.6 Å². The monoisotopic (exact) mass is 265 g/mol. The zero-order valence-corrected chi connectivity index (χ0v) is 10.1. The molecule has 0 aromatic carbocycles. The average Bonchev–Trinajstić information content (AvgIpc) is 2.38. The molecule has 2 aromatic rings. The van der Waals surface area contributed by atoms with Crippen molar-refractivity contribution in [2.45, 2.75) is 11.4 Å². The summed E-state index contributed by atoms with van der Waals surface area (Å²) in [5, 5.41) is 7.44. The van der Waals surface area contributed by atoms with Gasteiger partial charge in [-0.05, 0) is 18.2 Å². The number of pyridine rings is 1. The molecule has 18 heavy (non-hydrogen) atoms. The van der Waals surface area contributed by atoms with Gasteiger partial charge < -0.3 is 5.73 Å². The van der Waals surface area contributed by atoms with Crippen molar-refractivity contribution < 1.29 is 8.42 Å². The van der Waals surface area contributed by atoms with Gasteiger partial charge in [0.15, 0.2) is 0 Å². The van der Waals surface area contributed by atoms with Crippen LogP contribution in [0.5, 0.6) is 0 Å². The molecule has 0 bridgehead atoms. The number of nitrogens with one attached hydrogen (secondary N) is 1. The molecular formula is C10H11N5O2S. The first kappa shape index (κ1) is 12.4. The first-order valence-corrected chi connectivity index (χ1v) is 6.54. The molecule has 0 amide bonds. The molecule has 2 aromatic heterocycles. The van der Waals surface area contributed by atoms with E-state index in [9.17, 15) is 8.42 Å². The van der Waals surface area contributed by atoms with Crippen molar-refractivity contribution in [3.63, 3.8) is 0 Å². The van der Waals surface area contributed by atoms with Crippen molar-refractivity contribution in [2.75, 3.05) is 5.73 Å². The Morgan fingerprint density at radius 3 is 2.78 bits per heavy atom. The van der Waals surface area contributed by atoms with E-state index in [1.165, 1.54) is 24.5 Å². The van der Waals surface area contributed by atoms with Gasteiger partial charge in [-0.25, -0.2) is 18.1 Å². The molecule has 8 heteroatoms. The minimum atomic E-state index is -3.62. The number of nitrogen functional groups attached to an aromatic ring is 1. The van der Waals surface area contributed by atoms with Crippen LogP contribution in [0.25, 0.3) is 0 Å². The fourth-order valence-electron chi connectivity index (χ4n) is 1.28. The van der Waals surface area contributed by atoms with Gasteiger partial charge in [0.05, 0.1) is 17.1 Å². The Bertz CT molecular complexity index is 630. The van der Waals surface area contributed by atoms with E-state index < -0.39 is 10.0 Å². The van der Waals surface area contributed by atoms with Crippen LogP contribution in [0.4, 0.5) is 5.82 Å². The molecule has 0 saturated carbocycles. The van der Waals surface area contributed by atoms with Crippen LogP contribution in [0.1, 0.15) is 5.69 Å². The van der Waals surface area contributed by atoms with E-state index in [2.05, 4.69) is 19.9 Å². The molecule has 94 valence electrons. The lowest BCUT2D eigenvalue weighted by Gasteiger charge is -2.06. The number of rotatable bonds is 4. The molecule has 0 aliphatic rings. The lowest BCUT2D eigenvalue weighted by Crippen LogP contribution is -2.24. The Morgan fingerprint density at radius 1 is 1.28 bits per heavy atom. The minimum Gasteiger partial charge on any atom is -0.384 e. The molecule has 3 N–H and O–H groups in total. The molecule has 0 spiro atoms. The van der Waals surface area contributed by atoms with Crippen LogP contribution >= 0.6 is 0 Å². The third-order valence-corrected chi connectivity index (χ3v) is 3.53. The Kier molecular flexibility index (Phi) is 3.49. The maximum Gasteiger partial charge on any atom is 0.241 e. The second-order valence-electron chi connectivity index (χ2n) is 3.46. The second kappa shape index (κ2) is 5.07. The third-order valence-electron chi connectivity index (χ3n) is 2.13. The first-order chi connectivity index (χ1) is 8.58. The van der Waals surface area contributed by atoms with E-state index in [4.69, 9.17) is 5.73 Å². The number of sulfonamides is 1. The molecule has 0 unspecified atom stereocenters. The first-order valence-electron chi connectivity index (χ1n) is 5.06. The quantitative estimate of drug-likeness (QED) is 0.800. The summed E-state index contributed by atoms with van der Waals surface area (Å²) in [7, 11) is -3.62. The number of nitrogens with two attached hydrogens (primary N) is 1. The third kappa shape index (κ3) is 2.99. The summed E-state index contributed by atoms with van der Waals surface area (Å²) in [5.41, 5.74) is 5.97. The Labute approximate surface area is 104 Å². The zero-order chi connectivity index (χ0) is 13.0. The normalized spacial score (nSPS) is 11.3. The largest absolute Gasteiger partial charge is 0.384 e. The maximum atomic E-state index is 11.9. The van der Waals surface area contributed by atoms with Gasteiger partial charge in [-0.2, -0.15) is 10.2 Å². The lowest BCUT2D eigenvalue weighted by atomic mass is 10.4. The highest BCUT2D eigenvalue weighted by Crippen LogP contribution is 2.10. The van der Waals surface area contributed by atoms with E-state index in [1.807, 2.05) is 0 Å². The molecule has 0 radical (unpaired) electrons. The topological polar surface area (TPSA) is 111 Å². The van der Waals surface area contributed by atoms with Crippen LogP contribution < -0.4 is 10.5 Å². The average molecular weight is 265 g/mol. The highest BCUT2D eigenvalue weighted by molar-refractivity contribution is 7.89. The molecule has 0 aliphatic carbocycles. The van der Waals surface area contributed by atoms with Gasteiger partial charge in [0.2, 0.25) is 10.0 Å². The number of hydrogen-bond donors (Lipinski definition) is 2. The van der Waals surface area contributed by atoms with Crippen LogP contribution in [0.3, 0.4) is 0 Å². The van der Waals surface area contributed by atoms with Crippen LogP contribution in [0, 0.1) is 0 Å². The summed E-state index contributed by atoms with van der Waals surface area (Å²) in [6.45, 7) is 0.0679. The Morgan fingerprint density at radius 2 is 2.11 bits per heavy atom. The number of nitrogens with zero attached hydrogens (tertiary/aromatic N) is 3. The van der Waals surface area contributed by atoms with E-state index in [1.54, 1.807) is 12.1 Å². The van der Waals surface area contributed by atoms with Gasteiger partial charge in [0.1, 0.15) is 5.82 Å². The fourth-order valence-corrected chi connectivity index (χ4v) is 2.30. The van der Waals surface area contributed by atoms with Crippen molar-refractivity contribution >= 4 is 15.8 Å². The molecule has 0 fully saturated rings. The van der Waals surface area contributed by atoms with E-state index in [0.717, 1.165) is 0 Å². The number of anilines is 1. The second-order valence-corrected chi connectivity index (χ2v) is 5.22. The van der Waals surface area contributed by atoms with Crippen molar-refractivity contribution in [1.82, 2.24) is 19.9 Å². The highest BCUT2D eigenvalue weighted by atomic mass is 32.2. The predicted octanol–water partition coefficient (Wildman–Crippen LogP) is -0.0677. The van der Waals surface area contributed by atoms with Crippen molar-refractivity contribution in [1.29, 1.82) is 0 Å². The van der Waals surface area contributed by atoms with E-state index >= 15 is 0 Å². The summed E-state index contributed by atoms with van der Waals surface area (Å²) in [6, 6.07) is 6.02. The van der Waals surface area contributed by atoms with Crippen LogP contribution in [0.2, 0.25) is 0 Å². The maximum absolute atomic E-state index is 11.9. The summed E-state index contributed by atoms with van der Waals surface area (Å²) >= 11 is 0. The minimum absolute atomic E-state index is 0.0679. The van der Waals surface area contributed by atoms with Crippen molar-refractivity contribution in [3.8, 4) is 0 Å². The highest BCUT2D eigenvalue weighted by Gasteiger charge is 2.14. The Hall–Kier alpha value is -2.06. The number of hydrogen-bond acceptors (Lipinski definition) is 6. The molecule has 7 nitrogen and oxygen atoms in total. The summed E-state index contributed by atoms with van der Waals surface area (Å²) < 4.78 is 26.2.